The molecule has 2 aliphatic heterocycles. The topological polar surface area (TPSA) is 108 Å². The van der Waals surface area contributed by atoms with Crippen LogP contribution in [0.4, 0.5) is 17.3 Å². The van der Waals surface area contributed by atoms with E-state index in [1.807, 2.05) is 72.8 Å². The monoisotopic (exact) mass is 940 g/mol. The predicted molar refractivity (Wildman–Crippen MR) is 276 cm³/mol. The van der Waals surface area contributed by atoms with Gasteiger partial charge in [-0.05, 0) is 134 Å². The zero-order valence-corrected chi connectivity index (χ0v) is 41.5. The van der Waals surface area contributed by atoms with Crippen LogP contribution in [0, 0.1) is 0 Å². The van der Waals surface area contributed by atoms with Crippen molar-refractivity contribution in [1.82, 2.24) is 25.9 Å². The van der Waals surface area contributed by atoms with Crippen LogP contribution in [-0.4, -0.2) is 73.5 Å². The summed E-state index contributed by atoms with van der Waals surface area (Å²) in [5.41, 5.74) is 5.70. The number of fused-ring (bicyclic) bond motifs is 2. The summed E-state index contributed by atoms with van der Waals surface area (Å²) in [6.07, 6.45) is 4.83. The SMILES string of the molecule is CC(C)(C)NC1CCNCC1.COc1cc(CNc2cc(Cl)c3ccccc3n2)ccc1Cl.COc1cc(CNc2cc(N3CCC(NC(C)(C)C)CC3)c3ccccc3n2)ccc1Cl. The van der Waals surface area contributed by atoms with E-state index >= 15 is 0 Å². The molecule has 2 fully saturated rings. The number of benzene rings is 4. The van der Waals surface area contributed by atoms with Crippen molar-refractivity contribution in [3.05, 3.63) is 123 Å². The van der Waals surface area contributed by atoms with E-state index in [2.05, 4.69) is 102 Å². The minimum absolute atomic E-state index is 0.150. The molecule has 10 nitrogen and oxygen atoms in total. The smallest absolute Gasteiger partial charge is 0.137 e. The van der Waals surface area contributed by atoms with Gasteiger partial charge >= 0.3 is 0 Å². The van der Waals surface area contributed by atoms with Crippen LogP contribution < -0.4 is 41.0 Å². The Bertz CT molecular complexity index is 2460. The number of halogens is 3. The van der Waals surface area contributed by atoms with Crippen molar-refractivity contribution in [2.24, 2.45) is 0 Å². The Kier molecular flexibility index (Phi) is 17.8. The summed E-state index contributed by atoms with van der Waals surface area (Å²) in [5.74, 6) is 2.95. The first-order chi connectivity index (χ1) is 31.1. The van der Waals surface area contributed by atoms with Gasteiger partial charge in [0.2, 0.25) is 0 Å². The van der Waals surface area contributed by atoms with Crippen LogP contribution in [0.2, 0.25) is 15.1 Å². The van der Waals surface area contributed by atoms with Crippen molar-refractivity contribution in [1.29, 1.82) is 0 Å². The first kappa shape index (κ1) is 49.9. The van der Waals surface area contributed by atoms with Gasteiger partial charge < -0.3 is 41.0 Å². The molecule has 0 saturated carbocycles. The molecule has 0 aliphatic carbocycles. The summed E-state index contributed by atoms with van der Waals surface area (Å²) in [7, 11) is 3.23. The Morgan fingerprint density at radius 1 is 0.585 bits per heavy atom. The molecule has 0 amide bonds. The van der Waals surface area contributed by atoms with Gasteiger partial charge in [-0.2, -0.15) is 0 Å². The summed E-state index contributed by atoms with van der Waals surface area (Å²) in [5, 5.41) is 21.5. The fourth-order valence-electron chi connectivity index (χ4n) is 8.20. The molecule has 0 spiro atoms. The van der Waals surface area contributed by atoms with E-state index in [4.69, 9.17) is 49.3 Å². The van der Waals surface area contributed by atoms with Crippen LogP contribution in [-0.2, 0) is 13.1 Å². The molecule has 4 aromatic carbocycles. The fraction of sp³-hybridized carbons (Fsp3) is 0.423. The Morgan fingerprint density at radius 3 is 1.55 bits per heavy atom. The number of hydrogen-bond acceptors (Lipinski definition) is 10. The maximum Gasteiger partial charge on any atom is 0.137 e. The van der Waals surface area contributed by atoms with Gasteiger partial charge in [-0.1, -0.05) is 83.3 Å². The second-order valence-electron chi connectivity index (χ2n) is 18.8. The molecular formula is C52H67Cl3N8O2. The molecule has 8 rings (SSSR count). The van der Waals surface area contributed by atoms with E-state index in [0.29, 0.717) is 45.7 Å². The maximum atomic E-state index is 6.29. The van der Waals surface area contributed by atoms with Gasteiger partial charge in [-0.3, -0.25) is 0 Å². The summed E-state index contributed by atoms with van der Waals surface area (Å²) in [4.78, 5) is 11.9. The molecule has 6 aromatic rings. The average molecular weight is 943 g/mol. The van der Waals surface area contributed by atoms with Gasteiger partial charge in [0.15, 0.2) is 0 Å². The quantitative estimate of drug-likeness (QED) is 0.0862. The van der Waals surface area contributed by atoms with Crippen LogP contribution in [0.1, 0.15) is 78.4 Å². The first-order valence-electron chi connectivity index (χ1n) is 22.7. The lowest BCUT2D eigenvalue weighted by molar-refractivity contribution is 0.304. The van der Waals surface area contributed by atoms with Gasteiger partial charge in [0.1, 0.15) is 23.1 Å². The lowest BCUT2D eigenvalue weighted by atomic mass is 9.99. The Balaban J connectivity index is 0.000000182. The molecule has 0 unspecified atom stereocenters. The van der Waals surface area contributed by atoms with Crippen molar-refractivity contribution in [2.45, 2.75) is 103 Å². The van der Waals surface area contributed by atoms with Gasteiger partial charge in [0, 0.05) is 71.9 Å². The van der Waals surface area contributed by atoms with Crippen molar-refractivity contribution in [3.8, 4) is 11.5 Å². The molecule has 5 N–H and O–H groups in total. The highest BCUT2D eigenvalue weighted by molar-refractivity contribution is 6.35. The molecule has 348 valence electrons. The number of rotatable bonds is 11. The van der Waals surface area contributed by atoms with E-state index in [1.165, 1.54) is 37.0 Å². The largest absolute Gasteiger partial charge is 0.495 e. The second kappa shape index (κ2) is 23.3. The third kappa shape index (κ3) is 15.2. The lowest BCUT2D eigenvalue weighted by Gasteiger charge is -2.37. The normalized spacial score (nSPS) is 14.8. The number of ether oxygens (including phenoxy) is 2. The van der Waals surface area contributed by atoms with Crippen LogP contribution in [0.15, 0.2) is 97.1 Å². The number of piperidine rings is 2. The third-order valence-corrected chi connectivity index (χ3v) is 12.1. The van der Waals surface area contributed by atoms with Crippen LogP contribution >= 0.6 is 34.8 Å². The molecular weight excluding hydrogens is 875 g/mol. The Labute approximate surface area is 401 Å². The van der Waals surface area contributed by atoms with Crippen molar-refractivity contribution in [3.63, 3.8) is 0 Å². The minimum Gasteiger partial charge on any atom is -0.495 e. The van der Waals surface area contributed by atoms with E-state index in [9.17, 15) is 0 Å². The zero-order chi connectivity index (χ0) is 46.6. The highest BCUT2D eigenvalue weighted by Gasteiger charge is 2.24. The maximum absolute atomic E-state index is 6.29. The summed E-state index contributed by atoms with van der Waals surface area (Å²) < 4.78 is 10.6. The number of hydrogen-bond donors (Lipinski definition) is 5. The average Bonchev–Trinajstić information content (AvgIpc) is 3.28. The van der Waals surface area contributed by atoms with Crippen LogP contribution in [0.3, 0.4) is 0 Å². The van der Waals surface area contributed by atoms with E-state index in [-0.39, 0.29) is 11.1 Å². The second-order valence-corrected chi connectivity index (χ2v) is 20.0. The number of pyridine rings is 2. The van der Waals surface area contributed by atoms with Gasteiger partial charge in [-0.25, -0.2) is 9.97 Å². The molecule has 0 atom stereocenters. The summed E-state index contributed by atoms with van der Waals surface area (Å²) >= 11 is 18.5. The molecule has 4 heterocycles. The van der Waals surface area contributed by atoms with Crippen molar-refractivity contribution < 1.29 is 9.47 Å². The molecule has 2 saturated heterocycles. The van der Waals surface area contributed by atoms with Crippen LogP contribution in [0.5, 0.6) is 11.5 Å². The molecule has 13 heteroatoms. The van der Waals surface area contributed by atoms with E-state index < -0.39 is 0 Å². The third-order valence-electron chi connectivity index (χ3n) is 11.2. The highest BCUT2D eigenvalue weighted by atomic mass is 35.5. The highest BCUT2D eigenvalue weighted by Crippen LogP contribution is 2.32. The summed E-state index contributed by atoms with van der Waals surface area (Å²) in [6.45, 7) is 19.1. The Morgan fingerprint density at radius 2 is 1.05 bits per heavy atom. The molecule has 2 aromatic heterocycles. The lowest BCUT2D eigenvalue weighted by Crippen LogP contribution is -2.49. The first-order valence-corrected chi connectivity index (χ1v) is 23.8. The molecule has 2 aliphatic rings. The van der Waals surface area contributed by atoms with E-state index in [0.717, 1.165) is 71.2 Å². The van der Waals surface area contributed by atoms with Gasteiger partial charge in [-0.15, -0.1) is 0 Å². The zero-order valence-electron chi connectivity index (χ0n) is 39.3. The number of methoxy groups -OCH3 is 2. The minimum atomic E-state index is 0.150. The van der Waals surface area contributed by atoms with Crippen molar-refractivity contribution in [2.75, 3.05) is 55.9 Å². The summed E-state index contributed by atoms with van der Waals surface area (Å²) in [6, 6.07) is 33.0. The molecule has 0 radical (unpaired) electrons. The predicted octanol–water partition coefficient (Wildman–Crippen LogP) is 12.2. The Hall–Kier alpha value is -4.55. The number of nitrogens with zero attached hydrogens (tertiary/aromatic N) is 3. The van der Waals surface area contributed by atoms with E-state index in [1.54, 1.807) is 14.2 Å². The standard InChI is InChI=1S/C26H33ClN4O.C17H14Cl2N2O.C9H20N2/c1-26(2,3)30-19-11-13-31(14-12-19)23-16-25(29-22-8-6-5-7-20(22)23)28-17-18-9-10-21(27)24(15-18)32-4;1-22-16-8-11(6-7-13(16)18)10-20-17-9-14(19)12-4-2-3-5-15(12)21-17;1-9(2,3)11-8-4-6-10-7-5-8/h5-10,15-16,19,30H,11-14,17H2,1-4H3,(H,28,29);2-9H,10H2,1H3,(H,20,21);8,10-11H,4-7H2,1-3H3. The van der Waals surface area contributed by atoms with Gasteiger partial charge in [0.25, 0.3) is 0 Å². The number of aromatic nitrogens is 2. The number of para-hydroxylation sites is 2. The molecule has 65 heavy (non-hydrogen) atoms. The van der Waals surface area contributed by atoms with Gasteiger partial charge in [0.05, 0.1) is 40.3 Å². The van der Waals surface area contributed by atoms with Crippen molar-refractivity contribution >= 4 is 73.9 Å². The molecule has 0 bridgehead atoms. The number of anilines is 3. The fourth-order valence-corrected chi connectivity index (χ4v) is 8.85. The number of nitrogens with one attached hydrogen (secondary N) is 5. The van der Waals surface area contributed by atoms with Crippen LogP contribution in [0.25, 0.3) is 21.8 Å².